The van der Waals surface area contributed by atoms with Crippen LogP contribution in [0.25, 0.3) is 33.4 Å². The Morgan fingerprint density at radius 3 is 2.52 bits per heavy atom. The summed E-state index contributed by atoms with van der Waals surface area (Å²) in [4.78, 5) is 23.7. The van der Waals surface area contributed by atoms with Crippen molar-refractivity contribution < 1.29 is 19.4 Å². The number of nitrogens with one attached hydrogen (secondary N) is 1. The zero-order valence-electron chi connectivity index (χ0n) is 13.7. The SMILES string of the molecule is O=C(O)c1cc(NI)ccc1-c1c2ccc(=O)cc-2oc2cc(O)ccc12. The van der Waals surface area contributed by atoms with E-state index in [1.54, 1.807) is 30.3 Å². The molecule has 0 saturated heterocycles. The van der Waals surface area contributed by atoms with Gasteiger partial charge in [0.25, 0.3) is 0 Å². The highest BCUT2D eigenvalue weighted by atomic mass is 127. The van der Waals surface area contributed by atoms with Crippen molar-refractivity contribution in [3.63, 3.8) is 0 Å². The van der Waals surface area contributed by atoms with Gasteiger partial charge in [0.05, 0.1) is 28.4 Å². The Hall–Kier alpha value is -3.07. The van der Waals surface area contributed by atoms with Gasteiger partial charge in [-0.3, -0.25) is 4.79 Å². The molecule has 0 atom stereocenters. The van der Waals surface area contributed by atoms with Crippen molar-refractivity contribution in [2.45, 2.75) is 0 Å². The molecule has 3 N–H and O–H groups in total. The van der Waals surface area contributed by atoms with Crippen LogP contribution >= 0.6 is 22.9 Å². The van der Waals surface area contributed by atoms with Crippen molar-refractivity contribution in [3.05, 3.63) is 70.4 Å². The van der Waals surface area contributed by atoms with Crippen molar-refractivity contribution in [1.29, 1.82) is 0 Å². The predicted octanol–water partition coefficient (Wildman–Crippen LogP) is 4.73. The molecule has 0 saturated carbocycles. The molecule has 0 amide bonds. The van der Waals surface area contributed by atoms with Gasteiger partial charge in [-0.1, -0.05) is 6.07 Å². The van der Waals surface area contributed by atoms with E-state index in [-0.39, 0.29) is 16.7 Å². The lowest BCUT2D eigenvalue weighted by Gasteiger charge is -2.17. The molecular formula is C20H12INO5. The second-order valence-electron chi connectivity index (χ2n) is 5.98. The van der Waals surface area contributed by atoms with Gasteiger partial charge in [-0.15, -0.1) is 0 Å². The lowest BCUT2D eigenvalue weighted by atomic mass is 9.90. The number of phenolic OH excluding ortho intramolecular Hbond substituents is 1. The van der Waals surface area contributed by atoms with Gasteiger partial charge in [0.1, 0.15) is 17.1 Å². The van der Waals surface area contributed by atoms with Crippen molar-refractivity contribution in [3.8, 4) is 28.2 Å². The molecule has 0 radical (unpaired) electrons. The molecule has 2 aromatic carbocycles. The molecule has 134 valence electrons. The Morgan fingerprint density at radius 2 is 1.78 bits per heavy atom. The summed E-state index contributed by atoms with van der Waals surface area (Å²) in [6, 6.07) is 14.1. The maximum absolute atomic E-state index is 11.9. The number of hydrogen-bond donors (Lipinski definition) is 3. The number of carboxylic acids is 1. The number of phenols is 1. The van der Waals surface area contributed by atoms with E-state index < -0.39 is 5.97 Å². The minimum absolute atomic E-state index is 0.0118. The summed E-state index contributed by atoms with van der Waals surface area (Å²) in [6.45, 7) is 0. The van der Waals surface area contributed by atoms with E-state index in [0.717, 1.165) is 0 Å². The van der Waals surface area contributed by atoms with E-state index in [9.17, 15) is 19.8 Å². The van der Waals surface area contributed by atoms with Gasteiger partial charge in [-0.25, -0.2) is 4.79 Å². The predicted molar refractivity (Wildman–Crippen MR) is 111 cm³/mol. The van der Waals surface area contributed by atoms with Crippen LogP contribution in [-0.4, -0.2) is 16.2 Å². The van der Waals surface area contributed by atoms with Crippen molar-refractivity contribution in [2.75, 3.05) is 3.53 Å². The first-order valence-corrected chi connectivity index (χ1v) is 9.00. The topological polar surface area (TPSA) is 99.8 Å². The van der Waals surface area contributed by atoms with Crippen LogP contribution in [-0.2, 0) is 0 Å². The first-order chi connectivity index (χ1) is 13.0. The quantitative estimate of drug-likeness (QED) is 0.226. The molecular weight excluding hydrogens is 461 g/mol. The van der Waals surface area contributed by atoms with Gasteiger partial charge in [0, 0.05) is 34.3 Å². The first-order valence-electron chi connectivity index (χ1n) is 7.92. The summed E-state index contributed by atoms with van der Waals surface area (Å²) >= 11 is 1.93. The fraction of sp³-hybridized carbons (Fsp3) is 0. The number of halogens is 1. The number of hydrogen-bond acceptors (Lipinski definition) is 5. The Bertz CT molecular complexity index is 1230. The van der Waals surface area contributed by atoms with Gasteiger partial charge in [-0.05, 0) is 42.0 Å². The zero-order chi connectivity index (χ0) is 19.1. The van der Waals surface area contributed by atoms with Gasteiger partial charge >= 0.3 is 5.97 Å². The average Bonchev–Trinajstić information content (AvgIpc) is 2.65. The third-order valence-electron chi connectivity index (χ3n) is 4.31. The van der Waals surface area contributed by atoms with Crippen LogP contribution in [0.1, 0.15) is 10.4 Å². The third kappa shape index (κ3) is 2.99. The Morgan fingerprint density at radius 1 is 1.00 bits per heavy atom. The van der Waals surface area contributed by atoms with Crippen LogP contribution in [0.3, 0.4) is 0 Å². The fourth-order valence-corrected chi connectivity index (χ4v) is 3.48. The maximum Gasteiger partial charge on any atom is 0.336 e. The normalized spacial score (nSPS) is 11.0. The molecule has 27 heavy (non-hydrogen) atoms. The monoisotopic (exact) mass is 473 g/mol. The summed E-state index contributed by atoms with van der Waals surface area (Å²) < 4.78 is 8.70. The van der Waals surface area contributed by atoms with Gasteiger partial charge in [0.15, 0.2) is 5.43 Å². The highest BCUT2D eigenvalue weighted by molar-refractivity contribution is 14.1. The summed E-state index contributed by atoms with van der Waals surface area (Å²) in [5, 5.41) is 20.2. The summed E-state index contributed by atoms with van der Waals surface area (Å²) in [6.07, 6.45) is 0. The number of fused-ring (bicyclic) bond motifs is 2. The summed E-state index contributed by atoms with van der Waals surface area (Å²) in [7, 11) is 0. The third-order valence-corrected chi connectivity index (χ3v) is 4.93. The highest BCUT2D eigenvalue weighted by Crippen LogP contribution is 2.42. The smallest absolute Gasteiger partial charge is 0.336 e. The second kappa shape index (κ2) is 6.58. The van der Waals surface area contributed by atoms with Crippen molar-refractivity contribution in [1.82, 2.24) is 0 Å². The number of benzene rings is 3. The van der Waals surface area contributed by atoms with E-state index in [0.29, 0.717) is 39.1 Å². The van der Waals surface area contributed by atoms with E-state index in [4.69, 9.17) is 4.42 Å². The van der Waals surface area contributed by atoms with Crippen molar-refractivity contribution in [2.24, 2.45) is 0 Å². The molecule has 2 aromatic rings. The van der Waals surface area contributed by atoms with Crippen LogP contribution in [0, 0.1) is 0 Å². The highest BCUT2D eigenvalue weighted by Gasteiger charge is 2.22. The lowest BCUT2D eigenvalue weighted by molar-refractivity contribution is 0.0698. The standard InChI is InChI=1S/C20H12INO5/c21-22-10-1-4-13(16(7-10)20(25)26)19-14-5-2-11(23)8-17(14)27-18-9-12(24)3-6-15(18)19/h1-9,22-23H,(H,25,26). The second-order valence-corrected chi connectivity index (χ2v) is 6.51. The Kier molecular flexibility index (Phi) is 4.23. The van der Waals surface area contributed by atoms with E-state index in [1.807, 2.05) is 22.9 Å². The van der Waals surface area contributed by atoms with Gasteiger partial charge < -0.3 is 18.2 Å². The van der Waals surface area contributed by atoms with E-state index in [2.05, 4.69) is 3.53 Å². The number of carbonyl (C=O) groups is 1. The number of aromatic hydroxyl groups is 1. The van der Waals surface area contributed by atoms with Gasteiger partial charge in [-0.2, -0.15) is 0 Å². The number of carboxylic acid groups (broad SMARTS) is 1. The molecule has 2 aliphatic rings. The molecule has 1 heterocycles. The molecule has 0 spiro atoms. The van der Waals surface area contributed by atoms with Crippen LogP contribution in [0.4, 0.5) is 5.69 Å². The van der Waals surface area contributed by atoms with Gasteiger partial charge in [0.2, 0.25) is 0 Å². The Balaban J connectivity index is 2.18. The molecule has 0 unspecified atom stereocenters. The first kappa shape index (κ1) is 17.3. The molecule has 0 fully saturated rings. The molecule has 1 aliphatic carbocycles. The maximum atomic E-state index is 11.9. The van der Waals surface area contributed by atoms with Crippen LogP contribution in [0.15, 0.2) is 63.8 Å². The lowest BCUT2D eigenvalue weighted by Crippen LogP contribution is -2.04. The van der Waals surface area contributed by atoms with Crippen molar-refractivity contribution >= 4 is 45.5 Å². The molecule has 0 aromatic heterocycles. The summed E-state index contributed by atoms with van der Waals surface area (Å²) in [5.41, 5.74) is 2.65. The number of aromatic carboxylic acids is 1. The minimum Gasteiger partial charge on any atom is -0.508 e. The number of rotatable bonds is 3. The van der Waals surface area contributed by atoms with Crippen LogP contribution in [0.2, 0.25) is 0 Å². The number of anilines is 1. The van der Waals surface area contributed by atoms with Crippen LogP contribution in [0.5, 0.6) is 5.75 Å². The zero-order valence-corrected chi connectivity index (χ0v) is 15.9. The molecule has 4 rings (SSSR count). The average molecular weight is 473 g/mol. The van der Waals surface area contributed by atoms with E-state index in [1.165, 1.54) is 24.3 Å². The molecule has 0 bridgehead atoms. The van der Waals surface area contributed by atoms with Crippen LogP contribution < -0.4 is 8.96 Å². The summed E-state index contributed by atoms with van der Waals surface area (Å²) in [5.74, 6) is -0.736. The Labute approximate surface area is 166 Å². The fourth-order valence-electron chi connectivity index (χ4n) is 3.15. The molecule has 7 heteroatoms. The van der Waals surface area contributed by atoms with E-state index >= 15 is 0 Å². The largest absolute Gasteiger partial charge is 0.508 e. The minimum atomic E-state index is -1.07. The molecule has 6 nitrogen and oxygen atoms in total. The molecule has 1 aliphatic heterocycles.